The van der Waals surface area contributed by atoms with E-state index in [2.05, 4.69) is 10.3 Å². The summed E-state index contributed by atoms with van der Waals surface area (Å²) >= 11 is 3.07. The van der Waals surface area contributed by atoms with Crippen LogP contribution in [-0.2, 0) is 9.59 Å². The molecule has 8 heteroatoms. The molecule has 0 fully saturated rings. The van der Waals surface area contributed by atoms with Gasteiger partial charge in [0.2, 0.25) is 5.91 Å². The summed E-state index contributed by atoms with van der Waals surface area (Å²) in [6.45, 7) is -0.211. The lowest BCUT2D eigenvalue weighted by Gasteiger charge is -2.29. The lowest BCUT2D eigenvalue weighted by Crippen LogP contribution is -2.43. The molecule has 1 aliphatic rings. The van der Waals surface area contributed by atoms with E-state index >= 15 is 0 Å². The summed E-state index contributed by atoms with van der Waals surface area (Å²) in [7, 11) is 0. The zero-order chi connectivity index (χ0) is 22.6. The van der Waals surface area contributed by atoms with E-state index in [4.69, 9.17) is 4.74 Å². The number of fused-ring (bicyclic) bond motifs is 1. The molecule has 164 valence electrons. The van der Waals surface area contributed by atoms with E-state index in [1.807, 2.05) is 78.2 Å². The minimum atomic E-state index is -0.281. The maximum absolute atomic E-state index is 13.0. The molecule has 0 saturated carbocycles. The number of anilines is 2. The van der Waals surface area contributed by atoms with Crippen LogP contribution in [0.3, 0.4) is 0 Å². The number of hydrogen-bond donors (Lipinski definition) is 1. The third-order valence-electron chi connectivity index (χ3n) is 5.06. The van der Waals surface area contributed by atoms with Gasteiger partial charge in [-0.25, -0.2) is 4.98 Å². The second kappa shape index (κ2) is 9.48. The fourth-order valence-corrected chi connectivity index (χ4v) is 4.98. The van der Waals surface area contributed by atoms with Gasteiger partial charge in [0.25, 0.3) is 5.91 Å². The number of amides is 2. The zero-order valence-electron chi connectivity index (χ0n) is 17.4. The molecule has 1 aliphatic heterocycles. The van der Waals surface area contributed by atoms with E-state index in [-0.39, 0.29) is 25.0 Å². The second-order valence-electron chi connectivity index (χ2n) is 7.28. The maximum Gasteiger partial charge on any atom is 0.265 e. The van der Waals surface area contributed by atoms with E-state index in [9.17, 15) is 9.59 Å². The monoisotopic (exact) mass is 473 g/mol. The fraction of sp³-hybridized carbons (Fsp3) is 0.0800. The van der Waals surface area contributed by atoms with Crippen molar-refractivity contribution in [2.75, 3.05) is 23.4 Å². The molecule has 4 aromatic rings. The SMILES string of the molecule is O=C(CN1C(=O)COc2ccc(-c3cscn3)cc21)Nc1ccccc1Sc1ccccc1. The van der Waals surface area contributed by atoms with E-state index in [0.29, 0.717) is 17.1 Å². The first-order valence-electron chi connectivity index (χ1n) is 10.2. The molecule has 0 saturated heterocycles. The average molecular weight is 474 g/mol. The van der Waals surface area contributed by atoms with Crippen LogP contribution in [0.4, 0.5) is 11.4 Å². The summed E-state index contributed by atoms with van der Waals surface area (Å²) in [5.41, 5.74) is 4.71. The molecule has 0 atom stereocenters. The Bertz CT molecular complexity index is 1290. The van der Waals surface area contributed by atoms with Gasteiger partial charge in [0.15, 0.2) is 6.61 Å². The number of nitrogens with zero attached hydrogens (tertiary/aromatic N) is 2. The molecule has 0 aliphatic carbocycles. The van der Waals surface area contributed by atoms with Crippen molar-refractivity contribution in [3.05, 3.63) is 83.7 Å². The van der Waals surface area contributed by atoms with Gasteiger partial charge in [0.1, 0.15) is 12.3 Å². The van der Waals surface area contributed by atoms with Crippen LogP contribution in [0.15, 0.2) is 93.5 Å². The van der Waals surface area contributed by atoms with Gasteiger partial charge < -0.3 is 10.1 Å². The first-order chi connectivity index (χ1) is 16.2. The van der Waals surface area contributed by atoms with Gasteiger partial charge >= 0.3 is 0 Å². The van der Waals surface area contributed by atoms with E-state index in [1.54, 1.807) is 17.3 Å². The minimum Gasteiger partial charge on any atom is -0.482 e. The molecule has 2 heterocycles. The molecule has 2 amide bonds. The van der Waals surface area contributed by atoms with Crippen molar-refractivity contribution >= 4 is 46.3 Å². The largest absolute Gasteiger partial charge is 0.482 e. The minimum absolute atomic E-state index is 0.100. The number of carbonyl (C=O) groups is 2. The summed E-state index contributed by atoms with van der Waals surface area (Å²) in [6.07, 6.45) is 0. The Morgan fingerprint density at radius 3 is 2.73 bits per heavy atom. The van der Waals surface area contributed by atoms with Crippen molar-refractivity contribution in [3.63, 3.8) is 0 Å². The number of rotatable bonds is 6. The lowest BCUT2D eigenvalue weighted by molar-refractivity contribution is -0.123. The molecule has 5 rings (SSSR count). The lowest BCUT2D eigenvalue weighted by atomic mass is 10.1. The zero-order valence-corrected chi connectivity index (χ0v) is 19.1. The predicted octanol–water partition coefficient (Wildman–Crippen LogP) is 5.33. The van der Waals surface area contributed by atoms with E-state index < -0.39 is 0 Å². The van der Waals surface area contributed by atoms with Gasteiger partial charge in [0, 0.05) is 20.7 Å². The number of nitrogens with one attached hydrogen (secondary N) is 1. The number of aromatic nitrogens is 1. The fourth-order valence-electron chi connectivity index (χ4n) is 3.50. The average Bonchev–Trinajstić information content (AvgIpc) is 3.38. The number of ether oxygens (including phenoxy) is 1. The van der Waals surface area contributed by atoms with Crippen molar-refractivity contribution in [3.8, 4) is 17.0 Å². The molecule has 0 spiro atoms. The van der Waals surface area contributed by atoms with Crippen LogP contribution < -0.4 is 15.0 Å². The van der Waals surface area contributed by atoms with Crippen LogP contribution in [0, 0.1) is 0 Å². The van der Waals surface area contributed by atoms with Crippen LogP contribution in [0.2, 0.25) is 0 Å². The van der Waals surface area contributed by atoms with Crippen LogP contribution >= 0.6 is 23.1 Å². The van der Waals surface area contributed by atoms with Gasteiger partial charge in [-0.15, -0.1) is 11.3 Å². The topological polar surface area (TPSA) is 71.5 Å². The quantitative estimate of drug-likeness (QED) is 0.410. The van der Waals surface area contributed by atoms with Crippen LogP contribution in [0.25, 0.3) is 11.3 Å². The highest BCUT2D eigenvalue weighted by Gasteiger charge is 2.28. The Balaban J connectivity index is 1.36. The maximum atomic E-state index is 13.0. The number of benzene rings is 3. The first-order valence-corrected chi connectivity index (χ1v) is 12.0. The molecule has 0 radical (unpaired) electrons. The highest BCUT2D eigenvalue weighted by molar-refractivity contribution is 7.99. The highest BCUT2D eigenvalue weighted by Crippen LogP contribution is 2.36. The van der Waals surface area contributed by atoms with Gasteiger partial charge in [-0.05, 0) is 42.5 Å². The summed E-state index contributed by atoms with van der Waals surface area (Å²) < 4.78 is 5.58. The number of hydrogen-bond acceptors (Lipinski definition) is 6. The van der Waals surface area contributed by atoms with E-state index in [1.165, 1.54) is 16.2 Å². The molecule has 3 aromatic carbocycles. The van der Waals surface area contributed by atoms with Crippen LogP contribution in [-0.4, -0.2) is 29.9 Å². The third-order valence-corrected chi connectivity index (χ3v) is 6.73. The standard InChI is InChI=1S/C25H19N3O3S2/c29-24(27-19-8-4-5-9-23(19)33-18-6-2-1-3-7-18)13-28-21-12-17(20-15-32-16-26-20)10-11-22(21)31-14-25(28)30/h1-12,15-16H,13-14H2,(H,27,29). The molecule has 0 bridgehead atoms. The molecule has 6 nitrogen and oxygen atoms in total. The molecular formula is C25H19N3O3S2. The predicted molar refractivity (Wildman–Crippen MR) is 131 cm³/mol. The molecule has 0 unspecified atom stereocenters. The van der Waals surface area contributed by atoms with Crippen molar-refractivity contribution < 1.29 is 14.3 Å². The summed E-state index contributed by atoms with van der Waals surface area (Å²) in [6, 6.07) is 23.1. The van der Waals surface area contributed by atoms with Crippen LogP contribution in [0.1, 0.15) is 0 Å². The van der Waals surface area contributed by atoms with E-state index in [0.717, 1.165) is 21.0 Å². The first kappa shape index (κ1) is 21.2. The normalized spacial score (nSPS) is 12.7. The Kier molecular flexibility index (Phi) is 6.10. The van der Waals surface area contributed by atoms with Gasteiger partial charge in [-0.3, -0.25) is 14.5 Å². The van der Waals surface area contributed by atoms with Crippen molar-refractivity contribution in [1.82, 2.24) is 4.98 Å². The molecule has 33 heavy (non-hydrogen) atoms. The Hall–Kier alpha value is -3.62. The third kappa shape index (κ3) is 4.76. The smallest absolute Gasteiger partial charge is 0.265 e. The Morgan fingerprint density at radius 1 is 1.09 bits per heavy atom. The van der Waals surface area contributed by atoms with Crippen molar-refractivity contribution in [1.29, 1.82) is 0 Å². The molecule has 1 N–H and O–H groups in total. The Morgan fingerprint density at radius 2 is 1.91 bits per heavy atom. The van der Waals surface area contributed by atoms with Crippen molar-refractivity contribution in [2.24, 2.45) is 0 Å². The summed E-state index contributed by atoms with van der Waals surface area (Å²) in [4.78, 5) is 33.4. The van der Waals surface area contributed by atoms with Gasteiger partial charge in [0.05, 0.1) is 22.6 Å². The van der Waals surface area contributed by atoms with Crippen LogP contribution in [0.5, 0.6) is 5.75 Å². The Labute approximate surface area is 199 Å². The van der Waals surface area contributed by atoms with Crippen molar-refractivity contribution in [2.45, 2.75) is 9.79 Å². The highest BCUT2D eigenvalue weighted by atomic mass is 32.2. The number of carbonyl (C=O) groups excluding carboxylic acids is 2. The number of thiazole rings is 1. The molecule has 1 aromatic heterocycles. The number of para-hydroxylation sites is 1. The summed E-state index contributed by atoms with van der Waals surface area (Å²) in [5, 5.41) is 4.90. The van der Waals surface area contributed by atoms with Gasteiger partial charge in [-0.2, -0.15) is 0 Å². The van der Waals surface area contributed by atoms with Gasteiger partial charge in [-0.1, -0.05) is 42.1 Å². The molecular weight excluding hydrogens is 454 g/mol. The summed E-state index contributed by atoms with van der Waals surface area (Å²) in [5.74, 6) is 0.0257. The second-order valence-corrected chi connectivity index (χ2v) is 9.12.